The van der Waals surface area contributed by atoms with Crippen molar-refractivity contribution in [3.63, 3.8) is 0 Å². The largest absolute Gasteiger partial charge is 0.497 e. The molecule has 30 heavy (non-hydrogen) atoms. The summed E-state index contributed by atoms with van der Waals surface area (Å²) in [5.41, 5.74) is 0.809. The van der Waals surface area contributed by atoms with Crippen LogP contribution in [0.5, 0.6) is 28.7 Å². The molecule has 1 aliphatic heterocycles. The number of fused-ring (bicyclic) bond motifs is 1. The number of hydrogen-bond acceptors (Lipinski definition) is 8. The number of carbonyl (C=O) groups is 2. The van der Waals surface area contributed by atoms with Crippen molar-refractivity contribution in [3.05, 3.63) is 41.5 Å². The molecule has 156 valence electrons. The van der Waals surface area contributed by atoms with Crippen molar-refractivity contribution in [2.24, 2.45) is 0 Å². The maximum atomic E-state index is 12.4. The van der Waals surface area contributed by atoms with E-state index < -0.39 is 18.2 Å². The minimum atomic E-state index is -0.711. The van der Waals surface area contributed by atoms with Gasteiger partial charge < -0.3 is 28.4 Å². The molecule has 8 nitrogen and oxygen atoms in total. The first-order chi connectivity index (χ1) is 14.5. The molecule has 0 bridgehead atoms. The number of rotatable bonds is 8. The first-order valence-electron chi connectivity index (χ1n) is 8.90. The minimum Gasteiger partial charge on any atom is -0.497 e. The van der Waals surface area contributed by atoms with Gasteiger partial charge in [0, 0.05) is 17.2 Å². The standard InChI is InChI=1S/C22H20O8/c1-25-16-7-14(8-17(11-16)26-2)5-4-6-28-12-18(23)21(24)15-9-19(27-3)22-20(10-15)29-13-30-22/h7-11H,6,12-13H2,1-3H3. The zero-order valence-electron chi connectivity index (χ0n) is 16.8. The molecule has 2 aromatic rings. The van der Waals surface area contributed by atoms with Gasteiger partial charge in [0.15, 0.2) is 11.5 Å². The van der Waals surface area contributed by atoms with Crippen LogP contribution >= 0.6 is 0 Å². The SMILES string of the molecule is COc1cc(C#CCOCC(=O)C(=O)c2cc(OC)c3c(c2)OCO3)cc(OC)c1. The van der Waals surface area contributed by atoms with Gasteiger partial charge in [-0.3, -0.25) is 9.59 Å². The smallest absolute Gasteiger partial charge is 0.231 e. The molecule has 0 saturated heterocycles. The van der Waals surface area contributed by atoms with Crippen LogP contribution in [-0.4, -0.2) is 52.9 Å². The van der Waals surface area contributed by atoms with Gasteiger partial charge in [-0.2, -0.15) is 0 Å². The molecule has 1 heterocycles. The fourth-order valence-corrected chi connectivity index (χ4v) is 2.70. The lowest BCUT2D eigenvalue weighted by Gasteiger charge is -2.07. The quantitative estimate of drug-likeness (QED) is 0.282. The third-order valence-corrected chi connectivity index (χ3v) is 4.17. The first-order valence-corrected chi connectivity index (χ1v) is 8.90. The van der Waals surface area contributed by atoms with Gasteiger partial charge in [-0.05, 0) is 24.3 Å². The van der Waals surface area contributed by atoms with Crippen molar-refractivity contribution in [2.75, 3.05) is 41.3 Å². The van der Waals surface area contributed by atoms with E-state index in [0.29, 0.717) is 34.3 Å². The number of ketones is 2. The minimum absolute atomic E-state index is 0.0248. The van der Waals surface area contributed by atoms with E-state index in [1.165, 1.54) is 19.2 Å². The molecule has 0 N–H and O–H groups in total. The van der Waals surface area contributed by atoms with Gasteiger partial charge in [-0.25, -0.2) is 0 Å². The summed E-state index contributed by atoms with van der Waals surface area (Å²) in [6.07, 6.45) is 0. The average Bonchev–Trinajstić information content (AvgIpc) is 3.25. The molecule has 0 unspecified atom stereocenters. The Labute approximate surface area is 173 Å². The number of ether oxygens (including phenoxy) is 6. The summed E-state index contributed by atoms with van der Waals surface area (Å²) in [4.78, 5) is 24.6. The molecule has 3 rings (SSSR count). The number of carbonyl (C=O) groups excluding carboxylic acids is 2. The average molecular weight is 412 g/mol. The molecule has 0 radical (unpaired) electrons. The molecule has 0 spiro atoms. The first kappa shape index (κ1) is 21.0. The summed E-state index contributed by atoms with van der Waals surface area (Å²) in [6.45, 7) is -0.396. The second kappa shape index (κ2) is 9.67. The van der Waals surface area contributed by atoms with Crippen LogP contribution in [0.1, 0.15) is 15.9 Å². The van der Waals surface area contributed by atoms with Crippen molar-refractivity contribution in [2.45, 2.75) is 0 Å². The lowest BCUT2D eigenvalue weighted by Crippen LogP contribution is -2.20. The molecule has 1 aliphatic rings. The summed E-state index contributed by atoms with van der Waals surface area (Å²) >= 11 is 0. The Morgan fingerprint density at radius 1 is 0.967 bits per heavy atom. The van der Waals surface area contributed by atoms with E-state index in [-0.39, 0.29) is 19.0 Å². The Bertz CT molecular complexity index is 994. The van der Waals surface area contributed by atoms with E-state index in [4.69, 9.17) is 28.4 Å². The summed E-state index contributed by atoms with van der Waals surface area (Å²) in [5, 5.41) is 0. The van der Waals surface area contributed by atoms with Crippen molar-refractivity contribution in [3.8, 4) is 40.6 Å². The van der Waals surface area contributed by atoms with E-state index in [1.807, 2.05) is 0 Å². The fourth-order valence-electron chi connectivity index (χ4n) is 2.70. The molecule has 8 heteroatoms. The molecule has 0 saturated carbocycles. The van der Waals surface area contributed by atoms with E-state index in [2.05, 4.69) is 11.8 Å². The van der Waals surface area contributed by atoms with Crippen LogP contribution in [0.4, 0.5) is 0 Å². The molecule has 0 aliphatic carbocycles. The van der Waals surface area contributed by atoms with E-state index in [1.54, 1.807) is 32.4 Å². The van der Waals surface area contributed by atoms with Gasteiger partial charge in [-0.1, -0.05) is 11.8 Å². The maximum absolute atomic E-state index is 12.4. The van der Waals surface area contributed by atoms with Crippen LogP contribution in [0.3, 0.4) is 0 Å². The maximum Gasteiger partial charge on any atom is 0.231 e. The van der Waals surface area contributed by atoms with E-state index >= 15 is 0 Å². The monoisotopic (exact) mass is 412 g/mol. The van der Waals surface area contributed by atoms with Crippen LogP contribution in [0.15, 0.2) is 30.3 Å². The Balaban J connectivity index is 1.57. The highest BCUT2D eigenvalue weighted by molar-refractivity contribution is 6.44. The Morgan fingerprint density at radius 3 is 2.37 bits per heavy atom. The van der Waals surface area contributed by atoms with Crippen LogP contribution in [0.2, 0.25) is 0 Å². The lowest BCUT2D eigenvalue weighted by molar-refractivity contribution is -0.118. The Hall–Kier alpha value is -3.70. The van der Waals surface area contributed by atoms with Crippen molar-refractivity contribution in [1.82, 2.24) is 0 Å². The highest BCUT2D eigenvalue weighted by atomic mass is 16.7. The molecule has 2 aromatic carbocycles. The summed E-state index contributed by atoms with van der Waals surface area (Å²) in [5.74, 6) is 6.56. The van der Waals surface area contributed by atoms with Gasteiger partial charge in [0.25, 0.3) is 0 Å². The normalized spacial score (nSPS) is 11.3. The Morgan fingerprint density at radius 2 is 1.70 bits per heavy atom. The van der Waals surface area contributed by atoms with E-state index in [9.17, 15) is 9.59 Å². The zero-order valence-corrected chi connectivity index (χ0v) is 16.8. The van der Waals surface area contributed by atoms with Gasteiger partial charge in [-0.15, -0.1) is 0 Å². The molecule has 0 amide bonds. The molecular weight excluding hydrogens is 392 g/mol. The fraction of sp³-hybridized carbons (Fsp3) is 0.273. The van der Waals surface area contributed by atoms with Crippen molar-refractivity contribution >= 4 is 11.6 Å². The number of methoxy groups -OCH3 is 3. The third kappa shape index (κ3) is 4.82. The molecule has 0 aromatic heterocycles. The van der Waals surface area contributed by atoms with Gasteiger partial charge >= 0.3 is 0 Å². The van der Waals surface area contributed by atoms with Crippen molar-refractivity contribution in [1.29, 1.82) is 0 Å². The van der Waals surface area contributed by atoms with E-state index in [0.717, 1.165) is 0 Å². The van der Waals surface area contributed by atoms with Gasteiger partial charge in [0.2, 0.25) is 24.1 Å². The predicted octanol–water partition coefficient (Wildman–Crippen LogP) is 2.26. The predicted molar refractivity (Wildman–Crippen MR) is 106 cm³/mol. The summed E-state index contributed by atoms with van der Waals surface area (Å²) in [6, 6.07) is 8.11. The number of benzene rings is 2. The van der Waals surface area contributed by atoms with Crippen LogP contribution in [0, 0.1) is 11.8 Å². The highest BCUT2D eigenvalue weighted by Gasteiger charge is 2.25. The summed E-state index contributed by atoms with van der Waals surface area (Å²) in [7, 11) is 4.54. The van der Waals surface area contributed by atoms with Gasteiger partial charge in [0.05, 0.1) is 21.3 Å². The van der Waals surface area contributed by atoms with Gasteiger partial charge in [0.1, 0.15) is 24.7 Å². The van der Waals surface area contributed by atoms with Crippen LogP contribution in [0.25, 0.3) is 0 Å². The van der Waals surface area contributed by atoms with Crippen molar-refractivity contribution < 1.29 is 38.0 Å². The summed E-state index contributed by atoms with van der Waals surface area (Å²) < 4.78 is 31.3. The third-order valence-electron chi connectivity index (χ3n) is 4.17. The lowest BCUT2D eigenvalue weighted by atomic mass is 10.1. The van der Waals surface area contributed by atoms with Crippen LogP contribution < -0.4 is 23.7 Å². The Kier molecular flexibility index (Phi) is 6.78. The highest BCUT2D eigenvalue weighted by Crippen LogP contribution is 2.41. The second-order valence-electron chi connectivity index (χ2n) is 6.06. The topological polar surface area (TPSA) is 89.5 Å². The molecular formula is C22H20O8. The second-order valence-corrected chi connectivity index (χ2v) is 6.06. The number of Topliss-reactive ketones (excluding diaryl/α,β-unsaturated/α-hetero) is 2. The molecule has 0 atom stereocenters. The zero-order chi connectivity index (χ0) is 21.5. The number of hydrogen-bond donors (Lipinski definition) is 0. The molecule has 0 fully saturated rings. The van der Waals surface area contributed by atoms with Crippen LogP contribution in [-0.2, 0) is 9.53 Å².